The third kappa shape index (κ3) is 6.68. The average Bonchev–Trinajstić information content (AvgIpc) is 2.68. The summed E-state index contributed by atoms with van der Waals surface area (Å²) in [6.45, 7) is 2.38. The van der Waals surface area contributed by atoms with Crippen LogP contribution in [0.2, 0.25) is 6.04 Å². The van der Waals surface area contributed by atoms with E-state index in [-0.39, 0.29) is 0 Å². The molecule has 0 aromatic rings. The van der Waals surface area contributed by atoms with Gasteiger partial charge in [0.05, 0.1) is 13.2 Å². The van der Waals surface area contributed by atoms with Crippen LogP contribution in [0.15, 0.2) is 0 Å². The zero-order valence-corrected chi connectivity index (χ0v) is 10.5. The first-order valence-electron chi connectivity index (χ1n) is 3.94. The van der Waals surface area contributed by atoms with Crippen molar-refractivity contribution in [3.63, 3.8) is 0 Å². The minimum absolute atomic E-state index is 0.370. The van der Waals surface area contributed by atoms with Crippen LogP contribution < -0.4 is 0 Å². The van der Waals surface area contributed by atoms with Gasteiger partial charge in [-0.2, -0.15) is 36.2 Å². The topological polar surface area (TPSA) is 21.8 Å². The summed E-state index contributed by atoms with van der Waals surface area (Å²) in [6.07, 6.45) is 1.37. The fourth-order valence-corrected chi connectivity index (χ4v) is 2.83. The maximum atomic E-state index is 5.35. The smallest absolute Gasteiger partial charge is 0.228 e. The molecule has 72 valence electrons. The van der Waals surface area contributed by atoms with Gasteiger partial charge in [0, 0.05) is 6.61 Å². The summed E-state index contributed by atoms with van der Waals surface area (Å²) in [5.74, 6) is 0. The molecule has 0 N–H and O–H groups in total. The first-order chi connectivity index (χ1) is 5.58. The van der Waals surface area contributed by atoms with E-state index in [1.54, 1.807) is 0 Å². The van der Waals surface area contributed by atoms with Crippen molar-refractivity contribution >= 4 is 41.8 Å². The molecule has 1 saturated heterocycles. The van der Waals surface area contributed by atoms with Gasteiger partial charge >= 0.3 is 0 Å². The predicted molar refractivity (Wildman–Crippen MR) is 62.7 cm³/mol. The van der Waals surface area contributed by atoms with E-state index < -0.39 is 5.52 Å². The molecule has 0 spiro atoms. The number of thiol groups is 3. The fourth-order valence-electron chi connectivity index (χ4n) is 0.790. The Labute approximate surface area is 89.6 Å². The van der Waals surface area contributed by atoms with Crippen molar-refractivity contribution in [2.45, 2.75) is 18.6 Å². The molecule has 1 fully saturated rings. The van der Waals surface area contributed by atoms with Crippen molar-refractivity contribution < 1.29 is 9.47 Å². The lowest BCUT2D eigenvalue weighted by molar-refractivity contribution is 0.117. The maximum Gasteiger partial charge on any atom is 0.228 e. The molecule has 0 aliphatic carbocycles. The van der Waals surface area contributed by atoms with Crippen molar-refractivity contribution in [1.82, 2.24) is 0 Å². The monoisotopic (exact) mass is 242 g/mol. The van der Waals surface area contributed by atoms with Crippen molar-refractivity contribution in [2.24, 2.45) is 0 Å². The highest BCUT2D eigenvalue weighted by Crippen LogP contribution is 2.24. The lowest BCUT2D eigenvalue weighted by Crippen LogP contribution is -2.11. The second-order valence-corrected chi connectivity index (χ2v) is 15.0. The lowest BCUT2D eigenvalue weighted by Gasteiger charge is -2.11. The number of hydrogen-bond donors (Lipinski definition) is 3. The largest absolute Gasteiger partial charge is 0.379 e. The van der Waals surface area contributed by atoms with Gasteiger partial charge in [0.1, 0.15) is 6.10 Å². The molecule has 1 aliphatic rings. The summed E-state index contributed by atoms with van der Waals surface area (Å²) in [5.41, 5.74) is -1.75. The molecule has 1 atom stereocenters. The lowest BCUT2D eigenvalue weighted by atomic mass is 10.5. The molecule has 0 bridgehead atoms. The van der Waals surface area contributed by atoms with E-state index in [0.29, 0.717) is 6.10 Å². The average molecular weight is 242 g/mol. The number of epoxide rings is 1. The van der Waals surface area contributed by atoms with Crippen molar-refractivity contribution in [3.05, 3.63) is 0 Å². The highest BCUT2D eigenvalue weighted by molar-refractivity contribution is 8.68. The summed E-state index contributed by atoms with van der Waals surface area (Å²) >= 11 is 12.9. The van der Waals surface area contributed by atoms with Crippen LogP contribution in [0.25, 0.3) is 0 Å². The van der Waals surface area contributed by atoms with E-state index in [1.165, 1.54) is 0 Å². The van der Waals surface area contributed by atoms with Gasteiger partial charge in [0.25, 0.3) is 0 Å². The van der Waals surface area contributed by atoms with Gasteiger partial charge in [0.15, 0.2) is 0 Å². The highest BCUT2D eigenvalue weighted by atomic mass is 32.7. The maximum absolute atomic E-state index is 5.35. The predicted octanol–water partition coefficient (Wildman–Crippen LogP) is 1.52. The van der Waals surface area contributed by atoms with E-state index in [2.05, 4.69) is 36.2 Å². The first kappa shape index (κ1) is 11.3. The molecule has 2 nitrogen and oxygen atoms in total. The van der Waals surface area contributed by atoms with Gasteiger partial charge in [0.2, 0.25) is 5.52 Å². The third-order valence-electron chi connectivity index (χ3n) is 1.51. The van der Waals surface area contributed by atoms with Crippen LogP contribution in [0.1, 0.15) is 6.42 Å². The van der Waals surface area contributed by atoms with Crippen LogP contribution in [0.4, 0.5) is 0 Å². The molecule has 6 heteroatoms. The Hall–Kier alpha value is 1.19. The zero-order valence-electron chi connectivity index (χ0n) is 6.77. The van der Waals surface area contributed by atoms with E-state index in [0.717, 1.165) is 32.3 Å². The van der Waals surface area contributed by atoms with Gasteiger partial charge in [-0.1, -0.05) is 0 Å². The van der Waals surface area contributed by atoms with Crippen molar-refractivity contribution in [3.8, 4) is 0 Å². The normalized spacial score (nSPS) is 22.8. The van der Waals surface area contributed by atoms with Gasteiger partial charge in [-0.3, -0.25) is 0 Å². The molecule has 0 amide bonds. The Morgan fingerprint density at radius 3 is 2.58 bits per heavy atom. The molecular weight excluding hydrogens is 228 g/mol. The van der Waals surface area contributed by atoms with Gasteiger partial charge in [-0.05, 0) is 12.5 Å². The van der Waals surface area contributed by atoms with Crippen molar-refractivity contribution in [2.75, 3.05) is 19.8 Å². The van der Waals surface area contributed by atoms with Gasteiger partial charge < -0.3 is 9.47 Å². The molecule has 0 aromatic heterocycles. The quantitative estimate of drug-likeness (QED) is 0.284. The van der Waals surface area contributed by atoms with E-state index in [1.807, 2.05) is 0 Å². The second-order valence-electron chi connectivity index (χ2n) is 2.91. The Morgan fingerprint density at radius 1 is 1.42 bits per heavy atom. The molecule has 1 rings (SSSR count). The molecule has 0 radical (unpaired) electrons. The Balaban J connectivity index is 1.82. The summed E-state index contributed by atoms with van der Waals surface area (Å²) in [5, 5.41) is 0. The number of ether oxygens (including phenoxy) is 2. The summed E-state index contributed by atoms with van der Waals surface area (Å²) < 4.78 is 10.3. The van der Waals surface area contributed by atoms with E-state index in [4.69, 9.17) is 9.47 Å². The molecule has 12 heavy (non-hydrogen) atoms. The molecule has 1 aliphatic heterocycles. The van der Waals surface area contributed by atoms with Crippen LogP contribution in [0.5, 0.6) is 0 Å². The summed E-state index contributed by atoms with van der Waals surface area (Å²) in [4.78, 5) is 0. The fraction of sp³-hybridized carbons (Fsp3) is 1.00. The molecule has 0 saturated carbocycles. The number of rotatable bonds is 6. The van der Waals surface area contributed by atoms with Crippen LogP contribution in [-0.2, 0) is 9.47 Å². The van der Waals surface area contributed by atoms with Crippen LogP contribution in [0.3, 0.4) is 0 Å². The Morgan fingerprint density at radius 2 is 2.08 bits per heavy atom. The second kappa shape index (κ2) is 5.16. The zero-order chi connectivity index (χ0) is 9.03. The number of hydrogen-bond acceptors (Lipinski definition) is 5. The standard InChI is InChI=1S/C6H14O2S3Si/c9-12(10,11)3-1-2-7-4-6-5-8-6/h6,9-11H,1-5H2. The highest BCUT2D eigenvalue weighted by Gasteiger charge is 2.22. The molecule has 1 heterocycles. The Kier molecular flexibility index (Phi) is 4.85. The van der Waals surface area contributed by atoms with Gasteiger partial charge in [-0.15, -0.1) is 0 Å². The van der Waals surface area contributed by atoms with E-state index in [9.17, 15) is 0 Å². The third-order valence-corrected chi connectivity index (χ3v) is 4.54. The van der Waals surface area contributed by atoms with Gasteiger partial charge in [-0.25, -0.2) is 0 Å². The molecular formula is C6H14O2S3Si. The van der Waals surface area contributed by atoms with E-state index >= 15 is 0 Å². The van der Waals surface area contributed by atoms with Crippen LogP contribution in [-0.4, -0.2) is 31.4 Å². The Bertz CT molecular complexity index is 135. The SMILES string of the molecule is S[Si](S)(S)CCCOCC1CO1. The first-order valence-corrected chi connectivity index (χ1v) is 10.0. The summed E-state index contributed by atoms with van der Waals surface area (Å²) in [7, 11) is 0. The van der Waals surface area contributed by atoms with Crippen LogP contribution in [0, 0.1) is 0 Å². The minimum Gasteiger partial charge on any atom is -0.379 e. The van der Waals surface area contributed by atoms with Crippen molar-refractivity contribution in [1.29, 1.82) is 0 Å². The molecule has 1 unspecified atom stereocenters. The summed E-state index contributed by atoms with van der Waals surface area (Å²) in [6, 6.07) is 0.966. The minimum atomic E-state index is -1.75. The van der Waals surface area contributed by atoms with Crippen LogP contribution >= 0.6 is 36.2 Å². The molecule has 0 aromatic carbocycles.